The summed E-state index contributed by atoms with van der Waals surface area (Å²) in [5.74, 6) is -0.200. The lowest BCUT2D eigenvalue weighted by atomic mass is 9.83. The van der Waals surface area contributed by atoms with Gasteiger partial charge in [-0.3, -0.25) is 0 Å². The quantitative estimate of drug-likeness (QED) is 0.708. The van der Waals surface area contributed by atoms with Crippen LogP contribution in [-0.2, 0) is 9.84 Å². The van der Waals surface area contributed by atoms with Crippen LogP contribution in [0.5, 0.6) is 0 Å². The number of nitrogens with zero attached hydrogens (tertiary/aromatic N) is 4. The molecule has 0 N–H and O–H groups in total. The van der Waals surface area contributed by atoms with Crippen molar-refractivity contribution in [1.29, 1.82) is 0 Å². The fourth-order valence-electron chi connectivity index (χ4n) is 4.72. The van der Waals surface area contributed by atoms with Crippen molar-refractivity contribution < 1.29 is 26.4 Å². The number of amides is 2. The maximum Gasteiger partial charge on any atom is 0.395 e. The lowest BCUT2D eigenvalue weighted by Crippen LogP contribution is -2.71. The number of sulfone groups is 1. The topological polar surface area (TPSA) is 73.8 Å². The van der Waals surface area contributed by atoms with Gasteiger partial charge in [0.05, 0.1) is 17.4 Å². The van der Waals surface area contributed by atoms with E-state index in [0.717, 1.165) is 5.56 Å². The van der Waals surface area contributed by atoms with Crippen LogP contribution < -0.4 is 4.90 Å². The molecule has 4 aliphatic rings. The Balaban J connectivity index is 1.09. The van der Waals surface area contributed by atoms with E-state index in [1.807, 2.05) is 6.07 Å². The first-order chi connectivity index (χ1) is 13.5. The standard InChI is InChI=1S/C18H21F3N4O3S/c19-18(20,21)14-6-23(7-14)15-2-1-12(3-22-15)13-4-24(5-13)16(26)25-8-17(9-25)10-29(27,28)11-17/h1-3,13-14H,4-11H2. The van der Waals surface area contributed by atoms with Gasteiger partial charge in [0, 0.05) is 56.8 Å². The van der Waals surface area contributed by atoms with Gasteiger partial charge in [0.1, 0.15) is 5.82 Å². The second-order valence-corrected chi connectivity index (χ2v) is 10.9. The van der Waals surface area contributed by atoms with Crippen LogP contribution in [0, 0.1) is 11.3 Å². The Kier molecular flexibility index (Phi) is 3.92. The molecule has 0 atom stereocenters. The molecule has 7 nitrogen and oxygen atoms in total. The predicted octanol–water partition coefficient (Wildman–Crippen LogP) is 1.33. The first-order valence-corrected chi connectivity index (χ1v) is 11.4. The van der Waals surface area contributed by atoms with E-state index in [-0.39, 0.29) is 42.0 Å². The van der Waals surface area contributed by atoms with Crippen molar-refractivity contribution >= 4 is 21.7 Å². The highest BCUT2D eigenvalue weighted by atomic mass is 32.2. The molecule has 4 fully saturated rings. The Morgan fingerprint density at radius 1 is 1.07 bits per heavy atom. The van der Waals surface area contributed by atoms with Gasteiger partial charge >= 0.3 is 12.2 Å². The van der Waals surface area contributed by atoms with Gasteiger partial charge in [0.25, 0.3) is 0 Å². The Bertz CT molecular complexity index is 918. The maximum absolute atomic E-state index is 12.6. The number of hydrogen-bond acceptors (Lipinski definition) is 5. The van der Waals surface area contributed by atoms with Gasteiger partial charge in [-0.05, 0) is 11.6 Å². The number of aromatic nitrogens is 1. The zero-order valence-corrected chi connectivity index (χ0v) is 16.4. The molecule has 0 unspecified atom stereocenters. The van der Waals surface area contributed by atoms with E-state index in [4.69, 9.17) is 0 Å². The van der Waals surface area contributed by atoms with Crippen molar-refractivity contribution in [2.45, 2.75) is 12.1 Å². The zero-order chi connectivity index (χ0) is 20.6. The molecule has 2 amide bonds. The molecule has 0 saturated carbocycles. The lowest BCUT2D eigenvalue weighted by molar-refractivity contribution is -0.180. The highest BCUT2D eigenvalue weighted by molar-refractivity contribution is 7.92. The highest BCUT2D eigenvalue weighted by Gasteiger charge is 2.58. The van der Waals surface area contributed by atoms with Gasteiger partial charge in [0.2, 0.25) is 0 Å². The van der Waals surface area contributed by atoms with Crippen molar-refractivity contribution in [3.8, 4) is 0 Å². The van der Waals surface area contributed by atoms with Crippen molar-refractivity contribution in [2.75, 3.05) is 55.7 Å². The molecule has 11 heteroatoms. The van der Waals surface area contributed by atoms with Crippen LogP contribution >= 0.6 is 0 Å². The van der Waals surface area contributed by atoms with Crippen LogP contribution in [0.1, 0.15) is 11.5 Å². The number of carbonyl (C=O) groups is 1. The average Bonchev–Trinajstić information content (AvgIpc) is 2.47. The Hall–Kier alpha value is -2.04. The first-order valence-electron chi connectivity index (χ1n) is 9.56. The van der Waals surface area contributed by atoms with Gasteiger partial charge in [0.15, 0.2) is 9.84 Å². The van der Waals surface area contributed by atoms with Gasteiger partial charge < -0.3 is 14.7 Å². The van der Waals surface area contributed by atoms with Gasteiger partial charge in [-0.1, -0.05) is 6.07 Å². The second kappa shape index (κ2) is 5.99. The summed E-state index contributed by atoms with van der Waals surface area (Å²) in [4.78, 5) is 21.8. The van der Waals surface area contributed by atoms with Crippen LogP contribution in [0.3, 0.4) is 0 Å². The number of rotatable bonds is 2. The first kappa shape index (κ1) is 19.0. The lowest BCUT2D eigenvalue weighted by Gasteiger charge is -2.56. The zero-order valence-electron chi connectivity index (χ0n) is 15.6. The summed E-state index contributed by atoms with van der Waals surface area (Å²) >= 11 is 0. The van der Waals surface area contributed by atoms with Gasteiger partial charge in [-0.25, -0.2) is 18.2 Å². The molecular weight excluding hydrogens is 409 g/mol. The Morgan fingerprint density at radius 3 is 2.24 bits per heavy atom. The SMILES string of the molecule is O=C(N1CC(c2ccc(N3CC(C(F)(F)F)C3)nc2)C1)N1CC2(C1)CS(=O)(=O)C2. The molecule has 4 aliphatic heterocycles. The van der Waals surface area contributed by atoms with E-state index in [9.17, 15) is 26.4 Å². The molecule has 0 bridgehead atoms. The normalized spacial score (nSPS) is 25.8. The molecule has 0 aliphatic carbocycles. The highest BCUT2D eigenvalue weighted by Crippen LogP contribution is 2.42. The summed E-state index contributed by atoms with van der Waals surface area (Å²) in [6.07, 6.45) is -2.47. The van der Waals surface area contributed by atoms with Crippen LogP contribution in [0.2, 0.25) is 0 Å². The molecule has 5 heterocycles. The smallest absolute Gasteiger partial charge is 0.355 e. The minimum absolute atomic E-state index is 0.0554. The number of hydrogen-bond donors (Lipinski definition) is 0. The fraction of sp³-hybridized carbons (Fsp3) is 0.667. The summed E-state index contributed by atoms with van der Waals surface area (Å²) in [5.41, 5.74) is 0.761. The van der Waals surface area contributed by atoms with Gasteiger partial charge in [-0.15, -0.1) is 0 Å². The summed E-state index contributed by atoms with van der Waals surface area (Å²) in [7, 11) is -2.89. The monoisotopic (exact) mass is 430 g/mol. The Labute approximate surface area is 166 Å². The molecule has 1 aromatic rings. The number of halogens is 3. The molecule has 5 rings (SSSR count). The van der Waals surface area contributed by atoms with Crippen LogP contribution in [0.4, 0.5) is 23.8 Å². The van der Waals surface area contributed by atoms with Crippen LogP contribution in [-0.4, -0.2) is 86.2 Å². The number of anilines is 1. The number of urea groups is 1. The van der Waals surface area contributed by atoms with E-state index < -0.39 is 21.9 Å². The number of likely N-dealkylation sites (tertiary alicyclic amines) is 2. The van der Waals surface area contributed by atoms with Crippen LogP contribution in [0.15, 0.2) is 18.3 Å². The summed E-state index contributed by atoms with van der Waals surface area (Å²) in [6, 6.07) is 3.55. The largest absolute Gasteiger partial charge is 0.395 e. The summed E-state index contributed by atoms with van der Waals surface area (Å²) < 4.78 is 60.5. The summed E-state index contributed by atoms with van der Waals surface area (Å²) in [6.45, 7) is 2.05. The molecule has 1 spiro atoms. The van der Waals surface area contributed by atoms with Crippen molar-refractivity contribution in [1.82, 2.24) is 14.8 Å². The third-order valence-electron chi connectivity index (χ3n) is 6.44. The third kappa shape index (κ3) is 3.23. The third-order valence-corrected chi connectivity index (χ3v) is 8.54. The predicted molar refractivity (Wildman–Crippen MR) is 98.4 cm³/mol. The average molecular weight is 430 g/mol. The number of pyridine rings is 1. The second-order valence-electron chi connectivity index (χ2n) is 8.87. The Morgan fingerprint density at radius 2 is 1.72 bits per heavy atom. The molecule has 0 radical (unpaired) electrons. The van der Waals surface area contributed by atoms with Crippen molar-refractivity contribution in [3.63, 3.8) is 0 Å². The van der Waals surface area contributed by atoms with E-state index in [0.29, 0.717) is 32.0 Å². The van der Waals surface area contributed by atoms with E-state index in [1.165, 1.54) is 0 Å². The molecule has 0 aromatic carbocycles. The molecule has 158 valence electrons. The van der Waals surface area contributed by atoms with E-state index in [1.54, 1.807) is 27.0 Å². The van der Waals surface area contributed by atoms with E-state index >= 15 is 0 Å². The van der Waals surface area contributed by atoms with Gasteiger partial charge in [-0.2, -0.15) is 13.2 Å². The number of alkyl halides is 3. The summed E-state index contributed by atoms with van der Waals surface area (Å²) in [5, 5.41) is 0. The minimum atomic E-state index is -4.15. The molecule has 29 heavy (non-hydrogen) atoms. The molecular formula is C18H21F3N4O3S. The minimum Gasteiger partial charge on any atom is -0.355 e. The van der Waals surface area contributed by atoms with Crippen molar-refractivity contribution in [3.05, 3.63) is 23.9 Å². The number of carbonyl (C=O) groups excluding carboxylic acids is 1. The molecule has 1 aromatic heterocycles. The van der Waals surface area contributed by atoms with Crippen molar-refractivity contribution in [2.24, 2.45) is 11.3 Å². The maximum atomic E-state index is 12.6. The van der Waals surface area contributed by atoms with E-state index in [2.05, 4.69) is 4.98 Å². The molecule has 4 saturated heterocycles. The van der Waals surface area contributed by atoms with Crippen LogP contribution in [0.25, 0.3) is 0 Å². The fourth-order valence-corrected chi connectivity index (χ4v) is 6.86.